The molecule has 0 heterocycles. The smallest absolute Gasteiger partial charge is 0.244 e. The van der Waals surface area contributed by atoms with E-state index in [4.69, 9.17) is 11.6 Å². The number of nitrogens with zero attached hydrogens (tertiary/aromatic N) is 2. The lowest BCUT2D eigenvalue weighted by Crippen LogP contribution is -2.56. The molecule has 1 N–H and O–H groups in total. The quantitative estimate of drug-likeness (QED) is 0.352. The zero-order chi connectivity index (χ0) is 29.7. The summed E-state index contributed by atoms with van der Waals surface area (Å²) in [6, 6.07) is 21.1. The standard InChI is InChI=1S/C31H38ClN3O4S/c1-22-15-16-23(2)27(17-22)35(40(6,38)39)21-29(36)34(20-25-13-10-14-26(32)18-25)28(30(37)33-31(3,4)5)19-24-11-8-7-9-12-24/h7-18,28H,19-21H2,1-6H3,(H,33,37). The van der Waals surface area contributed by atoms with Gasteiger partial charge in [0.15, 0.2) is 0 Å². The molecule has 0 aliphatic rings. The van der Waals surface area contributed by atoms with Crippen LogP contribution >= 0.6 is 11.6 Å². The van der Waals surface area contributed by atoms with Crippen LogP contribution in [0.5, 0.6) is 0 Å². The predicted octanol–water partition coefficient (Wildman–Crippen LogP) is 5.28. The van der Waals surface area contributed by atoms with Crippen LogP contribution in [0.4, 0.5) is 5.69 Å². The first-order valence-corrected chi connectivity index (χ1v) is 15.3. The number of aryl methyl sites for hydroxylation is 2. The van der Waals surface area contributed by atoms with E-state index >= 15 is 0 Å². The third-order valence-electron chi connectivity index (χ3n) is 6.32. The first-order valence-electron chi connectivity index (χ1n) is 13.1. The van der Waals surface area contributed by atoms with Crippen molar-refractivity contribution >= 4 is 39.1 Å². The third kappa shape index (κ3) is 8.83. The molecule has 3 aromatic rings. The van der Waals surface area contributed by atoms with Crippen LogP contribution in [0.25, 0.3) is 0 Å². The van der Waals surface area contributed by atoms with Gasteiger partial charge < -0.3 is 10.2 Å². The fourth-order valence-corrected chi connectivity index (χ4v) is 5.53. The molecule has 0 radical (unpaired) electrons. The van der Waals surface area contributed by atoms with Crippen LogP contribution in [0.1, 0.15) is 43.0 Å². The number of hydrogen-bond acceptors (Lipinski definition) is 4. The van der Waals surface area contributed by atoms with Gasteiger partial charge in [0.2, 0.25) is 21.8 Å². The van der Waals surface area contributed by atoms with Crippen molar-refractivity contribution in [3.05, 3.63) is 100 Å². The Kier molecular flexibility index (Phi) is 10.0. The summed E-state index contributed by atoms with van der Waals surface area (Å²) in [7, 11) is -3.83. The number of amides is 2. The summed E-state index contributed by atoms with van der Waals surface area (Å²) in [5, 5.41) is 3.51. The summed E-state index contributed by atoms with van der Waals surface area (Å²) in [6.45, 7) is 8.90. The van der Waals surface area contributed by atoms with Gasteiger partial charge in [-0.1, -0.05) is 66.2 Å². The molecule has 0 fully saturated rings. The van der Waals surface area contributed by atoms with Gasteiger partial charge in [0.1, 0.15) is 12.6 Å². The molecule has 0 aromatic heterocycles. The summed E-state index contributed by atoms with van der Waals surface area (Å²) in [4.78, 5) is 29.4. The monoisotopic (exact) mass is 583 g/mol. The Labute approximate surface area is 243 Å². The SMILES string of the molecule is Cc1ccc(C)c(N(CC(=O)N(Cc2cccc(Cl)c2)C(Cc2ccccc2)C(=O)NC(C)(C)C)S(C)(=O)=O)c1. The van der Waals surface area contributed by atoms with Crippen LogP contribution in [-0.4, -0.2) is 49.5 Å². The minimum atomic E-state index is -3.83. The van der Waals surface area contributed by atoms with E-state index in [1.165, 1.54) is 4.90 Å². The lowest BCUT2D eigenvalue weighted by atomic mass is 10.0. The van der Waals surface area contributed by atoms with Gasteiger partial charge in [-0.15, -0.1) is 0 Å². The number of sulfonamides is 1. The topological polar surface area (TPSA) is 86.8 Å². The number of benzene rings is 3. The Morgan fingerprint density at radius 3 is 2.17 bits per heavy atom. The highest BCUT2D eigenvalue weighted by molar-refractivity contribution is 7.92. The van der Waals surface area contributed by atoms with E-state index in [0.717, 1.165) is 32.8 Å². The second kappa shape index (κ2) is 12.9. The number of hydrogen-bond donors (Lipinski definition) is 1. The summed E-state index contributed by atoms with van der Waals surface area (Å²) >= 11 is 6.25. The van der Waals surface area contributed by atoms with Gasteiger partial charge in [-0.25, -0.2) is 8.42 Å². The molecule has 0 bridgehead atoms. The van der Waals surface area contributed by atoms with E-state index in [1.54, 1.807) is 31.2 Å². The molecule has 1 unspecified atom stereocenters. The van der Waals surface area contributed by atoms with E-state index < -0.39 is 34.1 Å². The summed E-state index contributed by atoms with van der Waals surface area (Å²) in [6.07, 6.45) is 1.33. The molecule has 1 atom stereocenters. The lowest BCUT2D eigenvalue weighted by Gasteiger charge is -2.35. The van der Waals surface area contributed by atoms with E-state index in [1.807, 2.05) is 76.2 Å². The fraction of sp³-hybridized carbons (Fsp3) is 0.355. The van der Waals surface area contributed by atoms with Crippen LogP contribution in [-0.2, 0) is 32.6 Å². The predicted molar refractivity (Wildman–Crippen MR) is 162 cm³/mol. The van der Waals surface area contributed by atoms with Crippen LogP contribution in [0.15, 0.2) is 72.8 Å². The van der Waals surface area contributed by atoms with Crippen molar-refractivity contribution in [1.82, 2.24) is 10.2 Å². The first-order chi connectivity index (χ1) is 18.6. The lowest BCUT2D eigenvalue weighted by molar-refractivity contribution is -0.140. The third-order valence-corrected chi connectivity index (χ3v) is 7.69. The maximum absolute atomic E-state index is 14.2. The zero-order valence-corrected chi connectivity index (χ0v) is 25.5. The van der Waals surface area contributed by atoms with E-state index in [-0.39, 0.29) is 18.9 Å². The minimum Gasteiger partial charge on any atom is -0.350 e. The molecule has 9 heteroatoms. The van der Waals surface area contributed by atoms with Gasteiger partial charge in [-0.3, -0.25) is 13.9 Å². The first kappa shape index (κ1) is 31.2. The normalized spacial score (nSPS) is 12.5. The molecule has 0 spiro atoms. The Balaban J connectivity index is 2.10. The van der Waals surface area contributed by atoms with Crippen molar-refractivity contribution < 1.29 is 18.0 Å². The molecule has 2 amide bonds. The molecular formula is C31H38ClN3O4S. The number of nitrogens with one attached hydrogen (secondary N) is 1. The van der Waals surface area contributed by atoms with Gasteiger partial charge in [0.05, 0.1) is 11.9 Å². The molecule has 0 saturated carbocycles. The number of halogens is 1. The molecule has 3 rings (SSSR count). The average molecular weight is 584 g/mol. The summed E-state index contributed by atoms with van der Waals surface area (Å²) in [5.74, 6) is -0.833. The van der Waals surface area contributed by atoms with E-state index in [9.17, 15) is 18.0 Å². The van der Waals surface area contributed by atoms with Gasteiger partial charge >= 0.3 is 0 Å². The molecule has 40 heavy (non-hydrogen) atoms. The fourth-order valence-electron chi connectivity index (χ4n) is 4.42. The van der Waals surface area contributed by atoms with Crippen molar-refractivity contribution in [2.24, 2.45) is 0 Å². The van der Waals surface area contributed by atoms with Gasteiger partial charge in [0, 0.05) is 23.5 Å². The molecule has 0 saturated heterocycles. The second-order valence-corrected chi connectivity index (χ2v) is 13.5. The number of carbonyl (C=O) groups is 2. The van der Waals surface area contributed by atoms with E-state index in [2.05, 4.69) is 5.32 Å². The van der Waals surface area contributed by atoms with Crippen LogP contribution in [0.2, 0.25) is 5.02 Å². The minimum absolute atomic E-state index is 0.0683. The second-order valence-electron chi connectivity index (χ2n) is 11.2. The Bertz CT molecular complexity index is 1450. The highest BCUT2D eigenvalue weighted by atomic mass is 35.5. The molecule has 214 valence electrons. The summed E-state index contributed by atoms with van der Waals surface area (Å²) < 4.78 is 27.1. The largest absolute Gasteiger partial charge is 0.350 e. The zero-order valence-electron chi connectivity index (χ0n) is 23.9. The number of anilines is 1. The number of carbonyl (C=O) groups excluding carboxylic acids is 2. The molecule has 0 aliphatic heterocycles. The van der Waals surface area contributed by atoms with Crippen molar-refractivity contribution in [3.63, 3.8) is 0 Å². The molecule has 0 aliphatic carbocycles. The highest BCUT2D eigenvalue weighted by Crippen LogP contribution is 2.25. The Hall–Kier alpha value is -3.36. The van der Waals surface area contributed by atoms with Crippen LogP contribution < -0.4 is 9.62 Å². The van der Waals surface area contributed by atoms with Crippen molar-refractivity contribution in [1.29, 1.82) is 0 Å². The molecule has 3 aromatic carbocycles. The van der Waals surface area contributed by atoms with Crippen LogP contribution in [0.3, 0.4) is 0 Å². The highest BCUT2D eigenvalue weighted by Gasteiger charge is 2.34. The summed E-state index contributed by atoms with van der Waals surface area (Å²) in [5.41, 5.74) is 3.06. The Morgan fingerprint density at radius 2 is 1.57 bits per heavy atom. The van der Waals surface area contributed by atoms with Gasteiger partial charge in [-0.2, -0.15) is 0 Å². The van der Waals surface area contributed by atoms with Crippen molar-refractivity contribution in [2.45, 2.75) is 59.2 Å². The van der Waals surface area contributed by atoms with E-state index in [0.29, 0.717) is 10.7 Å². The van der Waals surface area contributed by atoms with Crippen LogP contribution in [0, 0.1) is 13.8 Å². The number of rotatable bonds is 10. The maximum atomic E-state index is 14.2. The molecule has 7 nitrogen and oxygen atoms in total. The average Bonchev–Trinajstić information content (AvgIpc) is 2.85. The maximum Gasteiger partial charge on any atom is 0.244 e. The van der Waals surface area contributed by atoms with Gasteiger partial charge in [-0.05, 0) is 75.1 Å². The van der Waals surface area contributed by atoms with Crippen molar-refractivity contribution in [3.8, 4) is 0 Å². The van der Waals surface area contributed by atoms with Crippen molar-refractivity contribution in [2.75, 3.05) is 17.1 Å². The Morgan fingerprint density at radius 1 is 0.925 bits per heavy atom. The van der Waals surface area contributed by atoms with Gasteiger partial charge in [0.25, 0.3) is 0 Å². The molecular weight excluding hydrogens is 546 g/mol.